The minimum Gasteiger partial charge on any atom is -0.423 e. The van der Waals surface area contributed by atoms with Crippen LogP contribution in [0, 0.1) is 0 Å². The summed E-state index contributed by atoms with van der Waals surface area (Å²) in [4.78, 5) is 11.4. The molecule has 0 radical (unpaired) electrons. The summed E-state index contributed by atoms with van der Waals surface area (Å²) in [5, 5.41) is 0.544. The number of esters is 1. The van der Waals surface area contributed by atoms with Crippen molar-refractivity contribution in [1.29, 1.82) is 0 Å². The van der Waals surface area contributed by atoms with Gasteiger partial charge in [-0.25, -0.2) is 4.79 Å². The Morgan fingerprint density at radius 2 is 2.06 bits per heavy atom. The summed E-state index contributed by atoms with van der Waals surface area (Å²) in [6, 6.07) is 8.94. The maximum Gasteiger partial charge on any atom is 0.337 e. The van der Waals surface area contributed by atoms with E-state index >= 15 is 0 Å². The number of benzene rings is 1. The quantitative estimate of drug-likeness (QED) is 0.442. The minimum atomic E-state index is -0.424. The van der Waals surface area contributed by atoms with Crippen LogP contribution in [0.1, 0.15) is 26.2 Å². The molecule has 0 heterocycles. The Hall–Kier alpha value is -1.28. The first kappa shape index (κ1) is 12.8. The van der Waals surface area contributed by atoms with Crippen LogP contribution >= 0.6 is 11.6 Å². The molecular weight excluding hydrogens is 224 g/mol. The second-order valence-corrected chi connectivity index (χ2v) is 3.91. The molecule has 0 amide bonds. The van der Waals surface area contributed by atoms with E-state index in [2.05, 4.69) is 6.92 Å². The van der Waals surface area contributed by atoms with Gasteiger partial charge in [0.25, 0.3) is 0 Å². The molecule has 86 valence electrons. The van der Waals surface area contributed by atoms with Crippen LogP contribution in [0.15, 0.2) is 41.4 Å². The van der Waals surface area contributed by atoms with Crippen LogP contribution in [0.4, 0.5) is 0 Å². The Kier molecular flexibility index (Phi) is 5.65. The maximum atomic E-state index is 11.4. The van der Waals surface area contributed by atoms with Gasteiger partial charge in [-0.2, -0.15) is 0 Å². The first-order chi connectivity index (χ1) is 7.72. The monoisotopic (exact) mass is 238 g/mol. The van der Waals surface area contributed by atoms with E-state index < -0.39 is 5.97 Å². The molecule has 0 aliphatic heterocycles. The fraction of sp³-hybridized carbons (Fsp3) is 0.308. The molecule has 0 bridgehead atoms. The van der Waals surface area contributed by atoms with Crippen LogP contribution in [0.2, 0.25) is 0 Å². The molecule has 0 aromatic heterocycles. The second kappa shape index (κ2) is 7.07. The van der Waals surface area contributed by atoms with Crippen molar-refractivity contribution in [2.75, 3.05) is 0 Å². The van der Waals surface area contributed by atoms with Gasteiger partial charge in [-0.3, -0.25) is 0 Å². The molecule has 1 aromatic rings. The second-order valence-electron chi connectivity index (χ2n) is 3.43. The number of carbonyl (C=O) groups is 1. The molecule has 1 aromatic carbocycles. The van der Waals surface area contributed by atoms with E-state index in [0.717, 1.165) is 19.3 Å². The zero-order chi connectivity index (χ0) is 11.8. The number of rotatable bonds is 5. The van der Waals surface area contributed by atoms with E-state index in [4.69, 9.17) is 16.3 Å². The summed E-state index contributed by atoms with van der Waals surface area (Å²) in [6.45, 7) is 2.08. The van der Waals surface area contributed by atoms with Gasteiger partial charge in [0.15, 0.2) is 0 Å². The summed E-state index contributed by atoms with van der Waals surface area (Å²) in [6.07, 6.45) is 4.10. The number of hydrogen-bond donors (Lipinski definition) is 0. The number of allylic oxidation sites excluding steroid dienone is 1. The molecule has 0 unspecified atom stereocenters. The van der Waals surface area contributed by atoms with Gasteiger partial charge in [-0.1, -0.05) is 43.1 Å². The molecule has 1 rings (SSSR count). The molecule has 0 saturated carbocycles. The number of halogens is 1. The van der Waals surface area contributed by atoms with Crippen molar-refractivity contribution in [3.63, 3.8) is 0 Å². The van der Waals surface area contributed by atoms with Gasteiger partial charge in [0.1, 0.15) is 5.75 Å². The van der Waals surface area contributed by atoms with E-state index in [1.807, 2.05) is 18.2 Å². The molecule has 3 heteroatoms. The highest BCUT2D eigenvalue weighted by atomic mass is 35.5. The number of ether oxygens (including phenoxy) is 1. The molecule has 0 atom stereocenters. The van der Waals surface area contributed by atoms with Crippen LogP contribution in [0.3, 0.4) is 0 Å². The highest BCUT2D eigenvalue weighted by molar-refractivity contribution is 6.30. The van der Waals surface area contributed by atoms with Crippen molar-refractivity contribution in [2.24, 2.45) is 0 Å². The van der Waals surface area contributed by atoms with Gasteiger partial charge >= 0.3 is 5.97 Å². The van der Waals surface area contributed by atoms with Crippen LogP contribution in [0.25, 0.3) is 0 Å². The topological polar surface area (TPSA) is 26.3 Å². The lowest BCUT2D eigenvalue weighted by molar-refractivity contribution is -0.129. The highest BCUT2D eigenvalue weighted by Crippen LogP contribution is 2.13. The standard InChI is InChI=1S/C13H15ClO2/c1-2-3-7-11(14)10-13(15)16-12-8-5-4-6-9-12/h4-6,8-10H,2-3,7H2,1H3/b11-10-. The molecule has 2 nitrogen and oxygen atoms in total. The molecule has 0 fully saturated rings. The molecular formula is C13H15ClO2. The van der Waals surface area contributed by atoms with Crippen molar-refractivity contribution in [3.8, 4) is 5.75 Å². The lowest BCUT2D eigenvalue weighted by Gasteiger charge is -2.01. The first-order valence-electron chi connectivity index (χ1n) is 5.35. The lowest BCUT2D eigenvalue weighted by atomic mass is 10.2. The Bertz CT molecular complexity index is 357. The molecule has 0 spiro atoms. The summed E-state index contributed by atoms with van der Waals surface area (Å²) in [5.74, 6) is 0.107. The summed E-state index contributed by atoms with van der Waals surface area (Å²) in [7, 11) is 0. The smallest absolute Gasteiger partial charge is 0.337 e. The fourth-order valence-electron chi connectivity index (χ4n) is 1.18. The summed E-state index contributed by atoms with van der Waals surface area (Å²) in [5.41, 5.74) is 0. The molecule has 0 aliphatic rings. The lowest BCUT2D eigenvalue weighted by Crippen LogP contribution is -2.04. The Labute approximate surface area is 101 Å². The normalized spacial score (nSPS) is 11.2. The number of unbranched alkanes of at least 4 members (excludes halogenated alkanes) is 1. The third-order valence-corrected chi connectivity index (χ3v) is 2.30. The predicted molar refractivity (Wildman–Crippen MR) is 65.5 cm³/mol. The van der Waals surface area contributed by atoms with Gasteiger partial charge in [0.05, 0.1) is 0 Å². The van der Waals surface area contributed by atoms with Crippen LogP contribution < -0.4 is 4.74 Å². The predicted octanol–water partition coefficient (Wildman–Crippen LogP) is 3.90. The largest absolute Gasteiger partial charge is 0.423 e. The van der Waals surface area contributed by atoms with Crippen LogP contribution in [0.5, 0.6) is 5.75 Å². The number of para-hydroxylation sites is 1. The zero-order valence-corrected chi connectivity index (χ0v) is 10.0. The van der Waals surface area contributed by atoms with E-state index in [0.29, 0.717) is 10.8 Å². The van der Waals surface area contributed by atoms with E-state index in [1.165, 1.54) is 6.08 Å². The van der Waals surface area contributed by atoms with Gasteiger partial charge in [0.2, 0.25) is 0 Å². The Morgan fingerprint density at radius 1 is 1.38 bits per heavy atom. The Morgan fingerprint density at radius 3 is 2.69 bits per heavy atom. The van der Waals surface area contributed by atoms with Gasteiger partial charge in [0, 0.05) is 11.1 Å². The highest BCUT2D eigenvalue weighted by Gasteiger charge is 2.02. The molecule has 0 N–H and O–H groups in total. The molecule has 0 aliphatic carbocycles. The fourth-order valence-corrected chi connectivity index (χ4v) is 1.40. The third kappa shape index (κ3) is 4.99. The third-order valence-electron chi connectivity index (χ3n) is 2.01. The van der Waals surface area contributed by atoms with E-state index in [9.17, 15) is 4.79 Å². The average Bonchev–Trinajstić information content (AvgIpc) is 2.27. The van der Waals surface area contributed by atoms with Crippen molar-refractivity contribution < 1.29 is 9.53 Å². The van der Waals surface area contributed by atoms with Crippen molar-refractivity contribution in [2.45, 2.75) is 26.2 Å². The molecule has 16 heavy (non-hydrogen) atoms. The van der Waals surface area contributed by atoms with Crippen LogP contribution in [-0.2, 0) is 4.79 Å². The minimum absolute atomic E-state index is 0.424. The SMILES string of the molecule is CCCC/C(Cl)=C/C(=O)Oc1ccccc1. The molecule has 0 saturated heterocycles. The number of carbonyl (C=O) groups excluding carboxylic acids is 1. The van der Waals surface area contributed by atoms with E-state index in [-0.39, 0.29) is 0 Å². The summed E-state index contributed by atoms with van der Waals surface area (Å²) >= 11 is 5.88. The van der Waals surface area contributed by atoms with Crippen molar-refractivity contribution >= 4 is 17.6 Å². The number of hydrogen-bond acceptors (Lipinski definition) is 2. The first-order valence-corrected chi connectivity index (χ1v) is 5.73. The zero-order valence-electron chi connectivity index (χ0n) is 9.28. The van der Waals surface area contributed by atoms with Gasteiger partial charge < -0.3 is 4.74 Å². The van der Waals surface area contributed by atoms with Gasteiger partial charge in [-0.15, -0.1) is 0 Å². The van der Waals surface area contributed by atoms with Crippen LogP contribution in [-0.4, -0.2) is 5.97 Å². The van der Waals surface area contributed by atoms with Crippen molar-refractivity contribution in [3.05, 3.63) is 41.4 Å². The van der Waals surface area contributed by atoms with Crippen molar-refractivity contribution in [1.82, 2.24) is 0 Å². The van der Waals surface area contributed by atoms with E-state index in [1.54, 1.807) is 12.1 Å². The van der Waals surface area contributed by atoms with Gasteiger partial charge in [-0.05, 0) is 25.0 Å². The Balaban J connectivity index is 2.47. The maximum absolute atomic E-state index is 11.4. The average molecular weight is 239 g/mol. The summed E-state index contributed by atoms with van der Waals surface area (Å²) < 4.78 is 5.07.